The number of anilines is 1. The monoisotopic (exact) mass is 356 g/mol. The van der Waals surface area contributed by atoms with Gasteiger partial charge >= 0.3 is 0 Å². The first-order valence-corrected chi connectivity index (χ1v) is 9.05. The Kier molecular flexibility index (Phi) is 7.57. The van der Waals surface area contributed by atoms with Gasteiger partial charge in [-0.3, -0.25) is 9.69 Å². The summed E-state index contributed by atoms with van der Waals surface area (Å²) in [5, 5.41) is 3.00. The fourth-order valence-corrected chi connectivity index (χ4v) is 3.21. The number of amides is 1. The fraction of sp³-hybridized carbons (Fsp3) is 0.250. The van der Waals surface area contributed by atoms with Crippen molar-refractivity contribution in [2.75, 3.05) is 31.8 Å². The second-order valence-electron chi connectivity index (χ2n) is 5.63. The number of carbonyl (C=O) groups is 1. The van der Waals surface area contributed by atoms with Crippen molar-refractivity contribution in [1.29, 1.82) is 0 Å². The summed E-state index contributed by atoms with van der Waals surface area (Å²) in [7, 11) is 3.58. The van der Waals surface area contributed by atoms with Gasteiger partial charge in [-0.1, -0.05) is 36.4 Å². The molecule has 25 heavy (non-hydrogen) atoms. The number of likely N-dealkylation sites (N-methyl/N-ethyl adjacent to an activating group) is 1. The van der Waals surface area contributed by atoms with Gasteiger partial charge in [0, 0.05) is 22.8 Å². The van der Waals surface area contributed by atoms with E-state index in [1.54, 1.807) is 18.9 Å². The van der Waals surface area contributed by atoms with Gasteiger partial charge in [0.05, 0.1) is 19.3 Å². The van der Waals surface area contributed by atoms with Crippen LogP contribution in [0.15, 0.2) is 66.1 Å². The molecule has 5 heteroatoms. The molecule has 2 aromatic carbocycles. The third-order valence-electron chi connectivity index (χ3n) is 3.56. The second kappa shape index (κ2) is 9.91. The van der Waals surface area contributed by atoms with E-state index < -0.39 is 0 Å². The average Bonchev–Trinajstić information content (AvgIpc) is 2.61. The van der Waals surface area contributed by atoms with E-state index in [1.165, 1.54) is 0 Å². The van der Waals surface area contributed by atoms with Gasteiger partial charge in [-0.15, -0.1) is 18.3 Å². The quantitative estimate of drug-likeness (QED) is 0.544. The molecule has 0 unspecified atom stereocenters. The van der Waals surface area contributed by atoms with Gasteiger partial charge in [-0.05, 0) is 25.2 Å². The van der Waals surface area contributed by atoms with E-state index in [9.17, 15) is 4.79 Å². The van der Waals surface area contributed by atoms with Crippen LogP contribution in [0.25, 0.3) is 0 Å². The zero-order valence-electron chi connectivity index (χ0n) is 14.7. The predicted octanol–water partition coefficient (Wildman–Crippen LogP) is 4.04. The highest BCUT2D eigenvalue weighted by molar-refractivity contribution is 7.99. The van der Waals surface area contributed by atoms with Gasteiger partial charge < -0.3 is 10.1 Å². The Morgan fingerprint density at radius 2 is 1.96 bits per heavy atom. The molecule has 0 saturated carbocycles. The molecule has 2 aromatic rings. The summed E-state index contributed by atoms with van der Waals surface area (Å²) in [6, 6.07) is 15.7. The maximum Gasteiger partial charge on any atom is 0.238 e. The summed E-state index contributed by atoms with van der Waals surface area (Å²) in [5.74, 6) is 1.60. The number of para-hydroxylation sites is 2. The molecule has 4 nitrogen and oxygen atoms in total. The summed E-state index contributed by atoms with van der Waals surface area (Å²) in [5.41, 5.74) is 1.90. The van der Waals surface area contributed by atoms with Crippen LogP contribution < -0.4 is 10.1 Å². The number of nitrogens with one attached hydrogen (secondary N) is 1. The number of hydrogen-bond donors (Lipinski definition) is 1. The van der Waals surface area contributed by atoms with Crippen LogP contribution in [0.4, 0.5) is 5.69 Å². The van der Waals surface area contributed by atoms with Crippen LogP contribution in [-0.2, 0) is 11.3 Å². The molecule has 0 heterocycles. The highest BCUT2D eigenvalue weighted by Crippen LogP contribution is 2.27. The van der Waals surface area contributed by atoms with Crippen LogP contribution >= 0.6 is 11.8 Å². The van der Waals surface area contributed by atoms with Crippen LogP contribution in [0.2, 0.25) is 0 Å². The summed E-state index contributed by atoms with van der Waals surface area (Å²) in [6.07, 6.45) is 1.85. The molecular weight excluding hydrogens is 332 g/mol. The molecule has 1 N–H and O–H groups in total. The Labute approximate surface area is 153 Å². The van der Waals surface area contributed by atoms with E-state index in [2.05, 4.69) is 11.9 Å². The van der Waals surface area contributed by atoms with Crippen LogP contribution in [0.3, 0.4) is 0 Å². The van der Waals surface area contributed by atoms with Crippen LogP contribution in [0.5, 0.6) is 5.75 Å². The lowest BCUT2D eigenvalue weighted by Crippen LogP contribution is -2.30. The molecule has 0 atom stereocenters. The number of carbonyl (C=O) groups excluding carboxylic acids is 1. The topological polar surface area (TPSA) is 41.6 Å². The normalized spacial score (nSPS) is 10.5. The molecular formula is C20H24N2O2S. The van der Waals surface area contributed by atoms with Crippen molar-refractivity contribution < 1.29 is 9.53 Å². The van der Waals surface area contributed by atoms with Crippen molar-refractivity contribution in [2.45, 2.75) is 11.4 Å². The molecule has 0 spiro atoms. The zero-order chi connectivity index (χ0) is 18.1. The predicted molar refractivity (Wildman–Crippen MR) is 105 cm³/mol. The molecule has 1 amide bonds. The molecule has 2 rings (SSSR count). The lowest BCUT2D eigenvalue weighted by molar-refractivity contribution is -0.117. The van der Waals surface area contributed by atoms with Crippen molar-refractivity contribution in [1.82, 2.24) is 4.90 Å². The van der Waals surface area contributed by atoms with E-state index in [0.29, 0.717) is 13.1 Å². The Morgan fingerprint density at radius 1 is 1.24 bits per heavy atom. The number of rotatable bonds is 9. The fourth-order valence-electron chi connectivity index (χ4n) is 2.46. The first kappa shape index (κ1) is 19.1. The summed E-state index contributed by atoms with van der Waals surface area (Å²) < 4.78 is 5.36. The van der Waals surface area contributed by atoms with E-state index >= 15 is 0 Å². The van der Waals surface area contributed by atoms with Gasteiger partial charge in [-0.2, -0.15) is 0 Å². The molecule has 0 bridgehead atoms. The third kappa shape index (κ3) is 5.96. The molecule has 0 aromatic heterocycles. The number of benzene rings is 2. The van der Waals surface area contributed by atoms with Crippen LogP contribution in [0.1, 0.15) is 5.56 Å². The molecule has 132 valence electrons. The Hall–Kier alpha value is -2.24. The first-order valence-electron chi connectivity index (χ1n) is 8.07. The molecule has 0 saturated heterocycles. The third-order valence-corrected chi connectivity index (χ3v) is 4.63. The van der Waals surface area contributed by atoms with E-state index in [0.717, 1.165) is 27.6 Å². The zero-order valence-corrected chi connectivity index (χ0v) is 15.5. The van der Waals surface area contributed by atoms with Crippen molar-refractivity contribution in [3.05, 3.63) is 66.7 Å². The number of thioether (sulfide) groups is 1. The average molecular weight is 356 g/mol. The number of ether oxygens (including phenoxy) is 1. The largest absolute Gasteiger partial charge is 0.496 e. The van der Waals surface area contributed by atoms with Crippen LogP contribution in [-0.4, -0.2) is 37.3 Å². The maximum absolute atomic E-state index is 12.4. The number of methoxy groups -OCH3 is 1. The molecule has 0 fully saturated rings. The minimum Gasteiger partial charge on any atom is -0.496 e. The maximum atomic E-state index is 12.4. The Bertz CT molecular complexity index is 718. The molecule has 0 aliphatic heterocycles. The SMILES string of the molecule is C=CCSc1ccccc1NC(=O)CN(C)Cc1ccccc1OC. The summed E-state index contributed by atoms with van der Waals surface area (Å²) >= 11 is 1.65. The first-order chi connectivity index (χ1) is 12.1. The Balaban J connectivity index is 1.95. The smallest absolute Gasteiger partial charge is 0.238 e. The van der Waals surface area contributed by atoms with E-state index in [4.69, 9.17) is 4.74 Å². The Morgan fingerprint density at radius 3 is 2.72 bits per heavy atom. The minimum absolute atomic E-state index is 0.0379. The highest BCUT2D eigenvalue weighted by Gasteiger charge is 2.11. The molecule has 0 aliphatic carbocycles. The van der Waals surface area contributed by atoms with Gasteiger partial charge in [0.15, 0.2) is 0 Å². The lowest BCUT2D eigenvalue weighted by Gasteiger charge is -2.18. The second-order valence-corrected chi connectivity index (χ2v) is 6.69. The van der Waals surface area contributed by atoms with E-state index in [-0.39, 0.29) is 5.91 Å². The van der Waals surface area contributed by atoms with Gasteiger partial charge in [-0.25, -0.2) is 0 Å². The van der Waals surface area contributed by atoms with Gasteiger partial charge in [0.1, 0.15) is 5.75 Å². The van der Waals surface area contributed by atoms with Crippen LogP contribution in [0, 0.1) is 0 Å². The van der Waals surface area contributed by atoms with Crippen molar-refractivity contribution in [3.63, 3.8) is 0 Å². The molecule has 0 radical (unpaired) electrons. The van der Waals surface area contributed by atoms with Crippen molar-refractivity contribution in [2.24, 2.45) is 0 Å². The lowest BCUT2D eigenvalue weighted by atomic mass is 10.2. The standard InChI is InChI=1S/C20H24N2O2S/c1-4-13-25-19-12-8-6-10-17(19)21-20(23)15-22(2)14-16-9-5-7-11-18(16)24-3/h4-12H,1,13-15H2,2-3H3,(H,21,23). The summed E-state index contributed by atoms with van der Waals surface area (Å²) in [4.78, 5) is 15.4. The molecule has 0 aliphatic rings. The van der Waals surface area contributed by atoms with Crippen molar-refractivity contribution >= 4 is 23.4 Å². The van der Waals surface area contributed by atoms with Gasteiger partial charge in [0.25, 0.3) is 0 Å². The van der Waals surface area contributed by atoms with E-state index in [1.807, 2.05) is 66.6 Å². The van der Waals surface area contributed by atoms with Gasteiger partial charge in [0.2, 0.25) is 5.91 Å². The number of nitrogens with zero attached hydrogens (tertiary/aromatic N) is 1. The van der Waals surface area contributed by atoms with Crippen molar-refractivity contribution in [3.8, 4) is 5.75 Å². The minimum atomic E-state index is -0.0379. The number of hydrogen-bond acceptors (Lipinski definition) is 4. The highest BCUT2D eigenvalue weighted by atomic mass is 32.2. The summed E-state index contributed by atoms with van der Waals surface area (Å²) in [6.45, 7) is 4.68.